The SMILES string of the molecule is COC(=O)c1ccc(C(=O)OCCl)cc1. The molecule has 1 aromatic rings. The molecule has 0 bridgehead atoms. The molecule has 0 aliphatic carbocycles. The second kappa shape index (κ2) is 5.36. The van der Waals surface area contributed by atoms with Crippen LogP contribution in [-0.2, 0) is 9.47 Å². The Morgan fingerprint density at radius 3 is 2.00 bits per heavy atom. The van der Waals surface area contributed by atoms with Gasteiger partial charge in [0.2, 0.25) is 0 Å². The van der Waals surface area contributed by atoms with E-state index in [-0.39, 0.29) is 6.07 Å². The molecule has 0 fully saturated rings. The molecular formula is C10H9ClO4. The summed E-state index contributed by atoms with van der Waals surface area (Å²) in [6.45, 7) is 0. The summed E-state index contributed by atoms with van der Waals surface area (Å²) >= 11 is 5.23. The first-order chi connectivity index (χ1) is 7.19. The van der Waals surface area contributed by atoms with Gasteiger partial charge in [0.15, 0.2) is 6.07 Å². The number of carbonyl (C=O) groups is 2. The molecule has 1 aromatic carbocycles. The number of benzene rings is 1. The Morgan fingerprint density at radius 2 is 1.60 bits per heavy atom. The van der Waals surface area contributed by atoms with Gasteiger partial charge in [-0.1, -0.05) is 11.6 Å². The maximum atomic E-state index is 11.2. The van der Waals surface area contributed by atoms with Crippen molar-refractivity contribution < 1.29 is 19.1 Å². The van der Waals surface area contributed by atoms with Crippen LogP contribution < -0.4 is 0 Å². The summed E-state index contributed by atoms with van der Waals surface area (Å²) < 4.78 is 9.07. The number of halogens is 1. The van der Waals surface area contributed by atoms with Crippen LogP contribution in [0.25, 0.3) is 0 Å². The van der Waals surface area contributed by atoms with E-state index in [2.05, 4.69) is 9.47 Å². The molecule has 4 nitrogen and oxygen atoms in total. The van der Waals surface area contributed by atoms with E-state index >= 15 is 0 Å². The number of methoxy groups -OCH3 is 1. The predicted octanol–water partition coefficient (Wildman–Crippen LogP) is 1.83. The molecule has 0 heterocycles. The van der Waals surface area contributed by atoms with Gasteiger partial charge in [0.25, 0.3) is 0 Å². The zero-order chi connectivity index (χ0) is 11.3. The van der Waals surface area contributed by atoms with Gasteiger partial charge in [-0.3, -0.25) is 0 Å². The Kier molecular flexibility index (Phi) is 4.12. The van der Waals surface area contributed by atoms with Crippen LogP contribution in [0.1, 0.15) is 20.7 Å². The molecule has 5 heteroatoms. The summed E-state index contributed by atoms with van der Waals surface area (Å²) in [7, 11) is 1.29. The van der Waals surface area contributed by atoms with Crippen molar-refractivity contribution in [3.05, 3.63) is 35.4 Å². The third-order valence-electron chi connectivity index (χ3n) is 1.73. The largest absolute Gasteiger partial charge is 0.465 e. The van der Waals surface area contributed by atoms with E-state index in [1.54, 1.807) is 0 Å². The van der Waals surface area contributed by atoms with E-state index in [1.165, 1.54) is 31.4 Å². The van der Waals surface area contributed by atoms with Crippen LogP contribution >= 0.6 is 11.6 Å². The van der Waals surface area contributed by atoms with Crippen LogP contribution in [0, 0.1) is 0 Å². The Hall–Kier alpha value is -1.55. The van der Waals surface area contributed by atoms with Crippen molar-refractivity contribution in [2.45, 2.75) is 0 Å². The summed E-state index contributed by atoms with van der Waals surface area (Å²) in [5, 5.41) is 0. The molecule has 0 atom stereocenters. The lowest BCUT2D eigenvalue weighted by molar-refractivity contribution is 0.0568. The van der Waals surface area contributed by atoms with Crippen LogP contribution in [0.4, 0.5) is 0 Å². The van der Waals surface area contributed by atoms with Crippen molar-refractivity contribution in [3.8, 4) is 0 Å². The minimum atomic E-state index is -0.526. The van der Waals surface area contributed by atoms with E-state index in [9.17, 15) is 9.59 Å². The third-order valence-corrected chi connectivity index (χ3v) is 1.84. The second-order valence-electron chi connectivity index (χ2n) is 2.61. The van der Waals surface area contributed by atoms with Crippen molar-refractivity contribution in [2.75, 3.05) is 13.2 Å². The lowest BCUT2D eigenvalue weighted by Crippen LogP contribution is -2.05. The lowest BCUT2D eigenvalue weighted by atomic mass is 10.1. The third kappa shape index (κ3) is 2.95. The van der Waals surface area contributed by atoms with Crippen molar-refractivity contribution >= 4 is 23.5 Å². The Bertz CT molecular complexity index is 358. The minimum Gasteiger partial charge on any atom is -0.465 e. The number of esters is 2. The first kappa shape index (κ1) is 11.5. The number of ether oxygens (including phenoxy) is 2. The molecule has 0 saturated carbocycles. The van der Waals surface area contributed by atoms with Gasteiger partial charge in [0.05, 0.1) is 18.2 Å². The zero-order valence-electron chi connectivity index (χ0n) is 8.03. The lowest BCUT2D eigenvalue weighted by Gasteiger charge is -2.02. The smallest absolute Gasteiger partial charge is 0.339 e. The molecule has 0 radical (unpaired) electrons. The number of hydrogen-bond donors (Lipinski definition) is 0. The highest BCUT2D eigenvalue weighted by Crippen LogP contribution is 2.07. The van der Waals surface area contributed by atoms with Gasteiger partial charge in [0.1, 0.15) is 0 Å². The standard InChI is InChI=1S/C10H9ClO4/c1-14-9(12)7-2-4-8(5-3-7)10(13)15-6-11/h2-5H,6H2,1H3. The van der Waals surface area contributed by atoms with Crippen molar-refractivity contribution in [1.29, 1.82) is 0 Å². The fraction of sp³-hybridized carbons (Fsp3) is 0.200. The second-order valence-corrected chi connectivity index (χ2v) is 2.83. The Labute approximate surface area is 91.7 Å². The zero-order valence-corrected chi connectivity index (χ0v) is 8.78. The van der Waals surface area contributed by atoms with Crippen LogP contribution in [0.15, 0.2) is 24.3 Å². The summed E-state index contributed by atoms with van der Waals surface area (Å²) in [6.07, 6.45) is 0. The monoisotopic (exact) mass is 228 g/mol. The molecule has 0 aromatic heterocycles. The predicted molar refractivity (Wildman–Crippen MR) is 53.9 cm³/mol. The minimum absolute atomic E-state index is 0.197. The van der Waals surface area contributed by atoms with Crippen LogP contribution in [0.2, 0.25) is 0 Å². The van der Waals surface area contributed by atoms with Gasteiger partial charge < -0.3 is 9.47 Å². The highest BCUT2D eigenvalue weighted by atomic mass is 35.5. The Balaban J connectivity index is 2.80. The van der Waals surface area contributed by atoms with Gasteiger partial charge in [-0.15, -0.1) is 0 Å². The maximum Gasteiger partial charge on any atom is 0.339 e. The molecule has 0 aliphatic rings. The molecule has 15 heavy (non-hydrogen) atoms. The normalized spacial score (nSPS) is 9.47. The van der Waals surface area contributed by atoms with Crippen LogP contribution in [-0.4, -0.2) is 25.1 Å². The van der Waals surface area contributed by atoms with Crippen LogP contribution in [0.5, 0.6) is 0 Å². The molecular weight excluding hydrogens is 220 g/mol. The summed E-state index contributed by atoms with van der Waals surface area (Å²) in [5.74, 6) is -0.978. The van der Waals surface area contributed by atoms with Gasteiger partial charge in [0, 0.05) is 0 Å². The number of carbonyl (C=O) groups excluding carboxylic acids is 2. The fourth-order valence-corrected chi connectivity index (χ4v) is 1.09. The molecule has 0 amide bonds. The average Bonchev–Trinajstić information content (AvgIpc) is 2.28. The van der Waals surface area contributed by atoms with Crippen molar-refractivity contribution in [1.82, 2.24) is 0 Å². The van der Waals surface area contributed by atoms with Crippen molar-refractivity contribution in [3.63, 3.8) is 0 Å². The van der Waals surface area contributed by atoms with E-state index in [1.807, 2.05) is 0 Å². The molecule has 0 N–H and O–H groups in total. The first-order valence-corrected chi connectivity index (χ1v) is 4.64. The fourth-order valence-electron chi connectivity index (χ4n) is 0.993. The Morgan fingerprint density at radius 1 is 1.13 bits per heavy atom. The van der Waals surface area contributed by atoms with E-state index < -0.39 is 11.9 Å². The van der Waals surface area contributed by atoms with E-state index in [0.29, 0.717) is 11.1 Å². The van der Waals surface area contributed by atoms with Gasteiger partial charge in [-0.2, -0.15) is 0 Å². The van der Waals surface area contributed by atoms with Gasteiger partial charge in [-0.25, -0.2) is 9.59 Å². The maximum absolute atomic E-state index is 11.2. The molecule has 0 aliphatic heterocycles. The number of hydrogen-bond acceptors (Lipinski definition) is 4. The summed E-state index contributed by atoms with van der Waals surface area (Å²) in [6, 6.07) is 5.72. The van der Waals surface area contributed by atoms with E-state index in [4.69, 9.17) is 11.6 Å². The molecule has 0 spiro atoms. The molecule has 80 valence electrons. The first-order valence-electron chi connectivity index (χ1n) is 4.10. The molecule has 1 rings (SSSR count). The van der Waals surface area contributed by atoms with Crippen LogP contribution in [0.3, 0.4) is 0 Å². The quantitative estimate of drug-likeness (QED) is 0.585. The van der Waals surface area contributed by atoms with Crippen molar-refractivity contribution in [2.24, 2.45) is 0 Å². The topological polar surface area (TPSA) is 52.6 Å². The highest BCUT2D eigenvalue weighted by Gasteiger charge is 2.09. The summed E-state index contributed by atoms with van der Waals surface area (Å²) in [4.78, 5) is 22.2. The number of rotatable bonds is 3. The summed E-state index contributed by atoms with van der Waals surface area (Å²) in [5.41, 5.74) is 0.711. The van der Waals surface area contributed by atoms with Gasteiger partial charge in [-0.05, 0) is 24.3 Å². The molecule has 0 unspecified atom stereocenters. The molecule has 0 saturated heterocycles. The van der Waals surface area contributed by atoms with E-state index in [0.717, 1.165) is 0 Å². The average molecular weight is 229 g/mol. The van der Waals surface area contributed by atoms with Gasteiger partial charge >= 0.3 is 11.9 Å². The highest BCUT2D eigenvalue weighted by molar-refractivity contribution is 6.17. The number of alkyl halides is 1.